The lowest BCUT2D eigenvalue weighted by molar-refractivity contribution is -0.144. The smallest absolute Gasteiger partial charge is 0.225 e. The molecule has 1 amide bonds. The first-order valence-corrected chi connectivity index (χ1v) is 6.92. The monoisotopic (exact) mass is 276 g/mol. The third-order valence-corrected chi connectivity index (χ3v) is 3.75. The van der Waals surface area contributed by atoms with Gasteiger partial charge in [0.2, 0.25) is 5.91 Å². The molecule has 0 spiro atoms. The van der Waals surface area contributed by atoms with Gasteiger partial charge in [-0.25, -0.2) is 0 Å². The number of nitrogens with zero attached hydrogens (tertiary/aromatic N) is 1. The molecule has 2 fully saturated rings. The highest BCUT2D eigenvalue weighted by Gasteiger charge is 2.29. The molecular weight excluding hydrogens is 252 g/mol. The second-order valence-electron chi connectivity index (χ2n) is 5.09. The third kappa shape index (κ3) is 4.11. The minimum Gasteiger partial charge on any atom is -0.375 e. The minimum atomic E-state index is 0. The Bertz CT molecular complexity index is 255. The maximum atomic E-state index is 12.3. The predicted octanol–water partition coefficient (Wildman–Crippen LogP) is 1.44. The van der Waals surface area contributed by atoms with Crippen LogP contribution in [-0.2, 0) is 9.53 Å². The van der Waals surface area contributed by atoms with E-state index in [-0.39, 0.29) is 24.4 Å². The van der Waals surface area contributed by atoms with Crippen molar-refractivity contribution >= 4 is 18.3 Å². The highest BCUT2D eigenvalue weighted by molar-refractivity contribution is 5.85. The van der Waals surface area contributed by atoms with Crippen LogP contribution in [0.25, 0.3) is 0 Å². The molecule has 2 aliphatic rings. The highest BCUT2D eigenvalue weighted by Crippen LogP contribution is 2.18. The number of nitrogens with one attached hydrogen (secondary N) is 1. The van der Waals surface area contributed by atoms with E-state index >= 15 is 0 Å². The average Bonchev–Trinajstić information content (AvgIpc) is 2.40. The minimum absolute atomic E-state index is 0. The van der Waals surface area contributed by atoms with Crippen LogP contribution in [0.2, 0.25) is 0 Å². The number of halogens is 1. The number of piperidine rings is 1. The molecule has 2 saturated heterocycles. The first-order valence-electron chi connectivity index (χ1n) is 6.92. The average molecular weight is 277 g/mol. The number of hydrogen-bond acceptors (Lipinski definition) is 3. The predicted molar refractivity (Wildman–Crippen MR) is 74.1 cm³/mol. The van der Waals surface area contributed by atoms with E-state index in [0.717, 1.165) is 51.9 Å². The number of rotatable bonds is 3. The standard InChI is InChI=1S/C13H24N2O2.ClH/c1-2-3-12-10-15(8-9-17-12)13(16)11-4-6-14-7-5-11;/h11-12,14H,2-10H2,1H3;1H. The van der Waals surface area contributed by atoms with Gasteiger partial charge in [0.15, 0.2) is 0 Å². The Labute approximate surface area is 116 Å². The van der Waals surface area contributed by atoms with Crippen LogP contribution < -0.4 is 5.32 Å². The Balaban J connectivity index is 0.00000162. The van der Waals surface area contributed by atoms with Crippen LogP contribution in [-0.4, -0.2) is 49.7 Å². The Morgan fingerprint density at radius 1 is 1.39 bits per heavy atom. The molecular formula is C13H25ClN2O2. The molecule has 0 radical (unpaired) electrons. The van der Waals surface area contributed by atoms with Gasteiger partial charge in [0.1, 0.15) is 0 Å². The van der Waals surface area contributed by atoms with Crippen LogP contribution in [0.4, 0.5) is 0 Å². The maximum absolute atomic E-state index is 12.3. The molecule has 2 heterocycles. The number of hydrogen-bond donors (Lipinski definition) is 1. The second kappa shape index (κ2) is 7.97. The van der Waals surface area contributed by atoms with Crippen LogP contribution in [0.1, 0.15) is 32.6 Å². The zero-order valence-corrected chi connectivity index (χ0v) is 12.0. The van der Waals surface area contributed by atoms with Crippen LogP contribution in [0.5, 0.6) is 0 Å². The van der Waals surface area contributed by atoms with E-state index in [1.54, 1.807) is 0 Å². The normalized spacial score (nSPS) is 25.6. The Morgan fingerprint density at radius 3 is 2.78 bits per heavy atom. The van der Waals surface area contributed by atoms with Crippen molar-refractivity contribution in [3.05, 3.63) is 0 Å². The fourth-order valence-corrected chi connectivity index (χ4v) is 2.74. The Kier molecular flexibility index (Phi) is 6.97. The summed E-state index contributed by atoms with van der Waals surface area (Å²) in [5.41, 5.74) is 0. The van der Waals surface area contributed by atoms with Gasteiger partial charge >= 0.3 is 0 Å². The van der Waals surface area contributed by atoms with E-state index in [1.165, 1.54) is 0 Å². The first kappa shape index (κ1) is 15.7. The topological polar surface area (TPSA) is 41.6 Å². The zero-order valence-electron chi connectivity index (χ0n) is 11.2. The van der Waals surface area contributed by atoms with Gasteiger partial charge in [0.05, 0.1) is 12.7 Å². The van der Waals surface area contributed by atoms with Crippen molar-refractivity contribution in [2.75, 3.05) is 32.8 Å². The van der Waals surface area contributed by atoms with Crippen molar-refractivity contribution in [2.24, 2.45) is 5.92 Å². The van der Waals surface area contributed by atoms with Crippen molar-refractivity contribution in [3.8, 4) is 0 Å². The van der Waals surface area contributed by atoms with Gasteiger partial charge in [-0.3, -0.25) is 4.79 Å². The molecule has 1 unspecified atom stereocenters. The molecule has 18 heavy (non-hydrogen) atoms. The van der Waals surface area contributed by atoms with E-state index in [0.29, 0.717) is 12.5 Å². The van der Waals surface area contributed by atoms with E-state index < -0.39 is 0 Å². The van der Waals surface area contributed by atoms with Gasteiger partial charge in [0, 0.05) is 19.0 Å². The molecule has 0 aromatic heterocycles. The lowest BCUT2D eigenvalue weighted by Crippen LogP contribution is -2.49. The summed E-state index contributed by atoms with van der Waals surface area (Å²) < 4.78 is 5.68. The largest absolute Gasteiger partial charge is 0.375 e. The Morgan fingerprint density at radius 2 is 2.11 bits per heavy atom. The summed E-state index contributed by atoms with van der Waals surface area (Å²) in [6.45, 7) is 6.43. The van der Waals surface area contributed by atoms with Gasteiger partial charge < -0.3 is 15.0 Å². The molecule has 1 N–H and O–H groups in total. The van der Waals surface area contributed by atoms with Gasteiger partial charge in [-0.1, -0.05) is 13.3 Å². The van der Waals surface area contributed by atoms with Crippen molar-refractivity contribution in [1.82, 2.24) is 10.2 Å². The summed E-state index contributed by atoms with van der Waals surface area (Å²) in [4.78, 5) is 14.4. The van der Waals surface area contributed by atoms with Gasteiger partial charge in [-0.2, -0.15) is 0 Å². The lowest BCUT2D eigenvalue weighted by Gasteiger charge is -2.36. The fourth-order valence-electron chi connectivity index (χ4n) is 2.74. The van der Waals surface area contributed by atoms with E-state index in [4.69, 9.17) is 4.74 Å². The number of carbonyl (C=O) groups excluding carboxylic acids is 1. The highest BCUT2D eigenvalue weighted by atomic mass is 35.5. The number of carbonyl (C=O) groups is 1. The molecule has 4 nitrogen and oxygen atoms in total. The number of amides is 1. The maximum Gasteiger partial charge on any atom is 0.225 e. The van der Waals surface area contributed by atoms with Gasteiger partial charge in [-0.15, -0.1) is 12.4 Å². The number of morpholine rings is 1. The van der Waals surface area contributed by atoms with Crippen LogP contribution in [0.3, 0.4) is 0 Å². The van der Waals surface area contributed by atoms with E-state index in [2.05, 4.69) is 12.2 Å². The molecule has 0 saturated carbocycles. The first-order chi connectivity index (χ1) is 8.31. The molecule has 0 aromatic carbocycles. The van der Waals surface area contributed by atoms with Crippen molar-refractivity contribution in [1.29, 1.82) is 0 Å². The summed E-state index contributed by atoms with van der Waals surface area (Å²) >= 11 is 0. The lowest BCUT2D eigenvalue weighted by atomic mass is 9.96. The van der Waals surface area contributed by atoms with Crippen LogP contribution >= 0.6 is 12.4 Å². The van der Waals surface area contributed by atoms with Crippen molar-refractivity contribution in [2.45, 2.75) is 38.7 Å². The summed E-state index contributed by atoms with van der Waals surface area (Å²) in [6, 6.07) is 0. The van der Waals surface area contributed by atoms with Crippen molar-refractivity contribution < 1.29 is 9.53 Å². The second-order valence-corrected chi connectivity index (χ2v) is 5.09. The summed E-state index contributed by atoms with van der Waals surface area (Å²) in [6.07, 6.45) is 4.44. The molecule has 0 bridgehead atoms. The van der Waals surface area contributed by atoms with Gasteiger partial charge in [-0.05, 0) is 32.4 Å². The molecule has 0 aromatic rings. The third-order valence-electron chi connectivity index (χ3n) is 3.75. The van der Waals surface area contributed by atoms with E-state index in [9.17, 15) is 4.79 Å². The molecule has 0 aliphatic carbocycles. The molecule has 106 valence electrons. The summed E-state index contributed by atoms with van der Waals surface area (Å²) in [5.74, 6) is 0.604. The van der Waals surface area contributed by atoms with Crippen molar-refractivity contribution in [3.63, 3.8) is 0 Å². The Hall–Kier alpha value is -0.320. The van der Waals surface area contributed by atoms with Crippen LogP contribution in [0.15, 0.2) is 0 Å². The summed E-state index contributed by atoms with van der Waals surface area (Å²) in [5, 5.41) is 3.31. The van der Waals surface area contributed by atoms with Crippen LogP contribution in [0, 0.1) is 5.92 Å². The quantitative estimate of drug-likeness (QED) is 0.848. The molecule has 2 rings (SSSR count). The zero-order chi connectivity index (χ0) is 12.1. The molecule has 2 aliphatic heterocycles. The number of ether oxygens (including phenoxy) is 1. The summed E-state index contributed by atoms with van der Waals surface area (Å²) in [7, 11) is 0. The fraction of sp³-hybridized carbons (Fsp3) is 0.923. The van der Waals surface area contributed by atoms with Gasteiger partial charge in [0.25, 0.3) is 0 Å². The van der Waals surface area contributed by atoms with E-state index in [1.807, 2.05) is 4.90 Å². The SMILES string of the molecule is CCCC1CN(C(=O)C2CCNCC2)CCO1.Cl. The molecule has 1 atom stereocenters. The molecule has 5 heteroatoms.